The Labute approximate surface area is 68.6 Å². The molecule has 0 saturated carbocycles. The lowest BCUT2D eigenvalue weighted by molar-refractivity contribution is 0.137. The quantitative estimate of drug-likeness (QED) is 0.665. The molecule has 0 aromatic heterocycles. The van der Waals surface area contributed by atoms with Crippen molar-refractivity contribution in [3.8, 4) is 6.07 Å². The van der Waals surface area contributed by atoms with E-state index in [0.717, 1.165) is 19.5 Å². The summed E-state index contributed by atoms with van der Waals surface area (Å²) in [7, 11) is 0. The third kappa shape index (κ3) is 1.94. The van der Waals surface area contributed by atoms with E-state index in [4.69, 9.17) is 5.26 Å². The van der Waals surface area contributed by atoms with Crippen LogP contribution in [-0.4, -0.2) is 13.1 Å². The first-order valence-electron chi connectivity index (χ1n) is 4.26. The molecule has 0 aromatic carbocycles. The zero-order valence-corrected chi connectivity index (χ0v) is 7.35. The van der Waals surface area contributed by atoms with Crippen molar-refractivity contribution in [1.29, 1.82) is 5.26 Å². The highest BCUT2D eigenvalue weighted by molar-refractivity contribution is 4.98. The Morgan fingerprint density at radius 3 is 2.45 bits per heavy atom. The van der Waals surface area contributed by atoms with Crippen LogP contribution in [0.5, 0.6) is 0 Å². The van der Waals surface area contributed by atoms with Gasteiger partial charge in [-0.2, -0.15) is 5.26 Å². The smallest absolute Gasteiger partial charge is 0.0628 e. The van der Waals surface area contributed by atoms with Gasteiger partial charge in [-0.25, -0.2) is 0 Å². The molecule has 2 heteroatoms. The summed E-state index contributed by atoms with van der Waals surface area (Å²) in [6.07, 6.45) is 1.91. The number of hydrogen-bond acceptors (Lipinski definition) is 2. The molecule has 11 heavy (non-hydrogen) atoms. The largest absolute Gasteiger partial charge is 0.315 e. The van der Waals surface area contributed by atoms with E-state index >= 15 is 0 Å². The van der Waals surface area contributed by atoms with Crippen LogP contribution in [0.15, 0.2) is 0 Å². The molecule has 1 rings (SSSR count). The van der Waals surface area contributed by atoms with Crippen molar-refractivity contribution in [2.45, 2.75) is 26.7 Å². The van der Waals surface area contributed by atoms with Crippen molar-refractivity contribution >= 4 is 0 Å². The van der Waals surface area contributed by atoms with Gasteiger partial charge >= 0.3 is 0 Å². The zero-order chi connectivity index (χ0) is 8.32. The van der Waals surface area contributed by atoms with Gasteiger partial charge in [0.05, 0.1) is 6.07 Å². The molecule has 1 heterocycles. The van der Waals surface area contributed by atoms with Gasteiger partial charge in [0, 0.05) is 24.9 Å². The Balaban J connectivity index is 2.41. The van der Waals surface area contributed by atoms with Gasteiger partial charge in [0.15, 0.2) is 0 Å². The Morgan fingerprint density at radius 2 is 2.18 bits per heavy atom. The zero-order valence-electron chi connectivity index (χ0n) is 7.35. The van der Waals surface area contributed by atoms with Gasteiger partial charge in [-0.05, 0) is 12.3 Å². The van der Waals surface area contributed by atoms with Crippen molar-refractivity contribution in [2.75, 3.05) is 13.1 Å². The summed E-state index contributed by atoms with van der Waals surface area (Å²) in [5.41, 5.74) is 0.322. The monoisotopic (exact) mass is 152 g/mol. The molecule has 1 N–H and O–H groups in total. The van der Waals surface area contributed by atoms with Crippen molar-refractivity contribution < 1.29 is 0 Å². The van der Waals surface area contributed by atoms with Gasteiger partial charge in [0.1, 0.15) is 0 Å². The standard InChI is InChI=1S/C9H16N2/c1-8(2)5-9(3-4-10)6-11-7-9/h8,11H,3,5-7H2,1-2H3. The molecule has 2 nitrogen and oxygen atoms in total. The first kappa shape index (κ1) is 8.55. The average Bonchev–Trinajstić information content (AvgIpc) is 1.82. The van der Waals surface area contributed by atoms with Gasteiger partial charge in [0.25, 0.3) is 0 Å². The second kappa shape index (κ2) is 3.23. The molecule has 0 unspecified atom stereocenters. The van der Waals surface area contributed by atoms with E-state index < -0.39 is 0 Å². The molecule has 0 aliphatic carbocycles. The maximum absolute atomic E-state index is 8.60. The van der Waals surface area contributed by atoms with Crippen LogP contribution in [0.4, 0.5) is 0 Å². The highest BCUT2D eigenvalue weighted by Crippen LogP contribution is 2.33. The van der Waals surface area contributed by atoms with E-state index in [-0.39, 0.29) is 0 Å². The average molecular weight is 152 g/mol. The molecule has 1 aliphatic heterocycles. The van der Waals surface area contributed by atoms with Gasteiger partial charge in [-0.15, -0.1) is 0 Å². The highest BCUT2D eigenvalue weighted by atomic mass is 15.0. The minimum Gasteiger partial charge on any atom is -0.315 e. The van der Waals surface area contributed by atoms with Gasteiger partial charge < -0.3 is 5.32 Å². The Hall–Kier alpha value is -0.550. The SMILES string of the molecule is CC(C)CC1(CC#N)CNC1. The first-order chi connectivity index (χ1) is 5.18. The van der Waals surface area contributed by atoms with Crippen LogP contribution in [0.1, 0.15) is 26.7 Å². The van der Waals surface area contributed by atoms with Crippen LogP contribution < -0.4 is 5.32 Å². The molecule has 62 valence electrons. The molecule has 1 saturated heterocycles. The van der Waals surface area contributed by atoms with E-state index in [2.05, 4.69) is 25.2 Å². The van der Waals surface area contributed by atoms with Crippen molar-refractivity contribution in [2.24, 2.45) is 11.3 Å². The summed E-state index contributed by atoms with van der Waals surface area (Å²) in [5, 5.41) is 11.8. The van der Waals surface area contributed by atoms with Crippen molar-refractivity contribution in [3.63, 3.8) is 0 Å². The number of hydrogen-bond donors (Lipinski definition) is 1. The summed E-state index contributed by atoms with van der Waals surface area (Å²) in [5.74, 6) is 0.713. The summed E-state index contributed by atoms with van der Waals surface area (Å²) in [6.45, 7) is 6.52. The number of nitrogens with zero attached hydrogens (tertiary/aromatic N) is 1. The molecule has 0 aromatic rings. The maximum Gasteiger partial charge on any atom is 0.0628 e. The Bertz CT molecular complexity index is 163. The first-order valence-corrected chi connectivity index (χ1v) is 4.26. The second-order valence-electron chi connectivity index (χ2n) is 4.04. The van der Waals surface area contributed by atoms with Crippen LogP contribution in [0.25, 0.3) is 0 Å². The third-order valence-electron chi connectivity index (χ3n) is 2.30. The minimum atomic E-state index is 0.322. The fourth-order valence-electron chi connectivity index (χ4n) is 1.85. The molecule has 1 aliphatic rings. The third-order valence-corrected chi connectivity index (χ3v) is 2.30. The van der Waals surface area contributed by atoms with Crippen molar-refractivity contribution in [1.82, 2.24) is 5.32 Å². The lowest BCUT2D eigenvalue weighted by atomic mass is 9.73. The lowest BCUT2D eigenvalue weighted by Gasteiger charge is -2.42. The molecule has 0 bridgehead atoms. The van der Waals surface area contributed by atoms with Crippen LogP contribution >= 0.6 is 0 Å². The summed E-state index contributed by atoms with van der Waals surface area (Å²) >= 11 is 0. The number of nitriles is 1. The molecule has 0 amide bonds. The molecule has 0 spiro atoms. The summed E-state index contributed by atoms with van der Waals surface area (Å²) in [6, 6.07) is 2.28. The van der Waals surface area contributed by atoms with E-state index in [1.807, 2.05) is 0 Å². The Kier molecular flexibility index (Phi) is 2.51. The fourth-order valence-corrected chi connectivity index (χ4v) is 1.85. The molecule has 1 fully saturated rings. The minimum absolute atomic E-state index is 0.322. The highest BCUT2D eigenvalue weighted by Gasteiger charge is 2.36. The normalized spacial score (nSPS) is 20.9. The molecular formula is C9H16N2. The van der Waals surface area contributed by atoms with E-state index in [1.165, 1.54) is 6.42 Å². The van der Waals surface area contributed by atoms with Crippen molar-refractivity contribution in [3.05, 3.63) is 0 Å². The topological polar surface area (TPSA) is 35.8 Å². The van der Waals surface area contributed by atoms with Crippen LogP contribution in [-0.2, 0) is 0 Å². The van der Waals surface area contributed by atoms with Gasteiger partial charge in [-0.1, -0.05) is 13.8 Å². The number of nitrogens with one attached hydrogen (secondary N) is 1. The van der Waals surface area contributed by atoms with E-state index in [0.29, 0.717) is 11.3 Å². The second-order valence-corrected chi connectivity index (χ2v) is 4.04. The van der Waals surface area contributed by atoms with Crippen LogP contribution in [0.3, 0.4) is 0 Å². The lowest BCUT2D eigenvalue weighted by Crippen LogP contribution is -2.53. The summed E-state index contributed by atoms with van der Waals surface area (Å²) < 4.78 is 0. The maximum atomic E-state index is 8.60. The predicted molar refractivity (Wildman–Crippen MR) is 45.0 cm³/mol. The molecule has 0 radical (unpaired) electrons. The fraction of sp³-hybridized carbons (Fsp3) is 0.889. The predicted octanol–water partition coefficient (Wildman–Crippen LogP) is 1.54. The van der Waals surface area contributed by atoms with Crippen LogP contribution in [0, 0.1) is 22.7 Å². The van der Waals surface area contributed by atoms with Gasteiger partial charge in [0.2, 0.25) is 0 Å². The van der Waals surface area contributed by atoms with E-state index in [9.17, 15) is 0 Å². The van der Waals surface area contributed by atoms with E-state index in [1.54, 1.807) is 0 Å². The molecule has 0 atom stereocenters. The number of rotatable bonds is 3. The van der Waals surface area contributed by atoms with Crippen LogP contribution in [0.2, 0.25) is 0 Å². The molecular weight excluding hydrogens is 136 g/mol. The summed E-state index contributed by atoms with van der Waals surface area (Å²) in [4.78, 5) is 0. The van der Waals surface area contributed by atoms with Gasteiger partial charge in [-0.3, -0.25) is 0 Å². The Morgan fingerprint density at radius 1 is 1.55 bits per heavy atom.